The van der Waals surface area contributed by atoms with E-state index >= 15 is 0 Å². The van der Waals surface area contributed by atoms with E-state index in [4.69, 9.17) is 0 Å². The highest BCUT2D eigenvalue weighted by Crippen LogP contribution is 2.39. The lowest BCUT2D eigenvalue weighted by Crippen LogP contribution is -2.36. The molecule has 3 rings (SSSR count). The van der Waals surface area contributed by atoms with Crippen molar-refractivity contribution in [3.63, 3.8) is 0 Å². The Bertz CT molecular complexity index is 521. The van der Waals surface area contributed by atoms with Crippen LogP contribution in [0.4, 0.5) is 5.69 Å². The standard InChI is InChI=1S/C15H17N3O/c19-15(10-16-12-6-2-1-3-7-12)18-17-14-9-11-5-4-8-13(11)14/h1-7,11,13,16H,8-10H2,(H,18,19)/b17-14-/t11-,13+/m0/s1. The lowest BCUT2D eigenvalue weighted by atomic mass is 9.74. The van der Waals surface area contributed by atoms with Gasteiger partial charge in [-0.25, -0.2) is 5.43 Å². The lowest BCUT2D eigenvalue weighted by Gasteiger charge is -2.31. The number of carbonyl (C=O) groups excluding carboxylic acids is 1. The molecule has 4 heteroatoms. The van der Waals surface area contributed by atoms with Crippen LogP contribution in [0.2, 0.25) is 0 Å². The summed E-state index contributed by atoms with van der Waals surface area (Å²) in [7, 11) is 0. The second-order valence-corrected chi connectivity index (χ2v) is 5.00. The normalized spacial score (nSPS) is 25.8. The van der Waals surface area contributed by atoms with Crippen molar-refractivity contribution in [2.24, 2.45) is 16.9 Å². The fourth-order valence-electron chi connectivity index (χ4n) is 2.58. The Hall–Kier alpha value is -2.10. The molecular formula is C15H17N3O. The van der Waals surface area contributed by atoms with Gasteiger partial charge < -0.3 is 5.32 Å². The number of allylic oxidation sites excluding steroid dienone is 2. The van der Waals surface area contributed by atoms with Crippen molar-refractivity contribution in [3.8, 4) is 0 Å². The number of hydrogen-bond acceptors (Lipinski definition) is 3. The van der Waals surface area contributed by atoms with E-state index in [1.807, 2.05) is 30.3 Å². The average Bonchev–Trinajstić information content (AvgIpc) is 2.79. The van der Waals surface area contributed by atoms with Crippen LogP contribution in [0, 0.1) is 11.8 Å². The third kappa shape index (κ3) is 2.67. The molecule has 1 saturated carbocycles. The lowest BCUT2D eigenvalue weighted by molar-refractivity contribution is -0.119. The highest BCUT2D eigenvalue weighted by molar-refractivity contribution is 5.95. The molecule has 19 heavy (non-hydrogen) atoms. The average molecular weight is 255 g/mol. The molecule has 2 aliphatic rings. The minimum Gasteiger partial charge on any atom is -0.376 e. The van der Waals surface area contributed by atoms with Crippen LogP contribution < -0.4 is 10.7 Å². The molecule has 4 nitrogen and oxygen atoms in total. The van der Waals surface area contributed by atoms with Crippen molar-refractivity contribution < 1.29 is 4.79 Å². The van der Waals surface area contributed by atoms with Gasteiger partial charge in [0.2, 0.25) is 0 Å². The van der Waals surface area contributed by atoms with Crippen LogP contribution in [-0.4, -0.2) is 18.2 Å². The van der Waals surface area contributed by atoms with Gasteiger partial charge in [-0.15, -0.1) is 0 Å². The fraction of sp³-hybridized carbons (Fsp3) is 0.333. The molecule has 2 atom stereocenters. The van der Waals surface area contributed by atoms with Gasteiger partial charge in [0.1, 0.15) is 0 Å². The Morgan fingerprint density at radius 1 is 1.32 bits per heavy atom. The summed E-state index contributed by atoms with van der Waals surface area (Å²) in [6, 6.07) is 9.67. The smallest absolute Gasteiger partial charge is 0.259 e. The van der Waals surface area contributed by atoms with E-state index in [0.717, 1.165) is 24.2 Å². The molecule has 1 amide bonds. The molecule has 0 unspecified atom stereocenters. The maximum atomic E-state index is 11.7. The molecule has 1 fully saturated rings. The highest BCUT2D eigenvalue weighted by atomic mass is 16.2. The molecule has 0 saturated heterocycles. The summed E-state index contributed by atoms with van der Waals surface area (Å²) in [5.74, 6) is 1.10. The summed E-state index contributed by atoms with van der Waals surface area (Å²) in [6.07, 6.45) is 6.52. The van der Waals surface area contributed by atoms with E-state index < -0.39 is 0 Å². The van der Waals surface area contributed by atoms with Crippen molar-refractivity contribution in [2.45, 2.75) is 12.8 Å². The number of para-hydroxylation sites is 1. The van der Waals surface area contributed by atoms with Crippen molar-refractivity contribution in [1.82, 2.24) is 5.43 Å². The van der Waals surface area contributed by atoms with Gasteiger partial charge in [0.15, 0.2) is 0 Å². The summed E-state index contributed by atoms with van der Waals surface area (Å²) in [6.45, 7) is 0.243. The van der Waals surface area contributed by atoms with E-state index in [9.17, 15) is 4.79 Å². The Morgan fingerprint density at radius 2 is 2.16 bits per heavy atom. The molecule has 1 aromatic carbocycles. The topological polar surface area (TPSA) is 53.5 Å². The zero-order chi connectivity index (χ0) is 13.1. The first-order valence-corrected chi connectivity index (χ1v) is 6.64. The zero-order valence-corrected chi connectivity index (χ0v) is 10.7. The summed E-state index contributed by atoms with van der Waals surface area (Å²) in [5, 5.41) is 7.28. The fourth-order valence-corrected chi connectivity index (χ4v) is 2.58. The minimum absolute atomic E-state index is 0.106. The van der Waals surface area contributed by atoms with Gasteiger partial charge in [-0.1, -0.05) is 30.4 Å². The number of rotatable bonds is 4. The number of nitrogens with one attached hydrogen (secondary N) is 2. The largest absolute Gasteiger partial charge is 0.376 e. The van der Waals surface area contributed by atoms with E-state index in [1.165, 1.54) is 0 Å². The molecular weight excluding hydrogens is 238 g/mol. The monoisotopic (exact) mass is 255 g/mol. The van der Waals surface area contributed by atoms with Crippen LogP contribution in [0.15, 0.2) is 47.6 Å². The second kappa shape index (κ2) is 5.26. The van der Waals surface area contributed by atoms with Crippen LogP contribution in [0.1, 0.15) is 12.8 Å². The van der Waals surface area contributed by atoms with E-state index in [2.05, 4.69) is 28.0 Å². The van der Waals surface area contributed by atoms with Gasteiger partial charge in [-0.05, 0) is 30.9 Å². The first kappa shape index (κ1) is 12.0. The molecule has 0 heterocycles. The van der Waals surface area contributed by atoms with Crippen LogP contribution in [-0.2, 0) is 4.79 Å². The number of amides is 1. The van der Waals surface area contributed by atoms with Gasteiger partial charge in [-0.3, -0.25) is 4.79 Å². The molecule has 98 valence electrons. The number of fused-ring (bicyclic) bond motifs is 1. The van der Waals surface area contributed by atoms with Crippen LogP contribution in [0.5, 0.6) is 0 Å². The van der Waals surface area contributed by atoms with E-state index in [0.29, 0.717) is 11.8 Å². The second-order valence-electron chi connectivity index (χ2n) is 5.00. The molecule has 2 N–H and O–H groups in total. The van der Waals surface area contributed by atoms with Crippen molar-refractivity contribution in [1.29, 1.82) is 0 Å². The number of hydrogen-bond donors (Lipinski definition) is 2. The quantitative estimate of drug-likeness (QED) is 0.640. The van der Waals surface area contributed by atoms with E-state index in [-0.39, 0.29) is 12.5 Å². The number of nitrogens with zero attached hydrogens (tertiary/aromatic N) is 1. The summed E-state index contributed by atoms with van der Waals surface area (Å²) < 4.78 is 0. The molecule has 0 radical (unpaired) electrons. The minimum atomic E-state index is -0.106. The van der Waals surface area contributed by atoms with Crippen LogP contribution in [0.25, 0.3) is 0 Å². The molecule has 0 bridgehead atoms. The SMILES string of the molecule is O=C(CNc1ccccc1)N/N=C1/C[C@@H]2C=CC[C@@H]12. The number of carbonyl (C=O) groups is 1. The van der Waals surface area contributed by atoms with Crippen LogP contribution in [0.3, 0.4) is 0 Å². The predicted molar refractivity (Wildman–Crippen MR) is 75.9 cm³/mol. The Labute approximate surface area is 112 Å². The summed E-state index contributed by atoms with van der Waals surface area (Å²) in [5.41, 5.74) is 4.69. The number of benzene rings is 1. The summed E-state index contributed by atoms with van der Waals surface area (Å²) >= 11 is 0. The summed E-state index contributed by atoms with van der Waals surface area (Å²) in [4.78, 5) is 11.7. The molecule has 2 aliphatic carbocycles. The Morgan fingerprint density at radius 3 is 2.95 bits per heavy atom. The molecule has 1 aromatic rings. The van der Waals surface area contributed by atoms with Gasteiger partial charge in [-0.2, -0.15) is 5.10 Å². The number of anilines is 1. The van der Waals surface area contributed by atoms with Crippen LogP contribution >= 0.6 is 0 Å². The molecule has 0 aromatic heterocycles. The number of hydrazone groups is 1. The first-order chi connectivity index (χ1) is 9.33. The maximum Gasteiger partial charge on any atom is 0.259 e. The zero-order valence-electron chi connectivity index (χ0n) is 10.7. The van der Waals surface area contributed by atoms with Gasteiger partial charge in [0.05, 0.1) is 6.54 Å². The predicted octanol–water partition coefficient (Wildman–Crippen LogP) is 2.17. The Kier molecular flexibility index (Phi) is 3.31. The third-order valence-corrected chi connectivity index (χ3v) is 3.71. The van der Waals surface area contributed by atoms with Gasteiger partial charge >= 0.3 is 0 Å². The third-order valence-electron chi connectivity index (χ3n) is 3.71. The molecule has 0 spiro atoms. The van der Waals surface area contributed by atoms with Gasteiger partial charge in [0, 0.05) is 17.3 Å². The van der Waals surface area contributed by atoms with Crippen molar-refractivity contribution in [2.75, 3.05) is 11.9 Å². The maximum absolute atomic E-state index is 11.7. The van der Waals surface area contributed by atoms with Crippen molar-refractivity contribution in [3.05, 3.63) is 42.5 Å². The highest BCUT2D eigenvalue weighted by Gasteiger charge is 2.37. The van der Waals surface area contributed by atoms with Gasteiger partial charge in [0.25, 0.3) is 5.91 Å². The first-order valence-electron chi connectivity index (χ1n) is 6.64. The van der Waals surface area contributed by atoms with E-state index in [1.54, 1.807) is 0 Å². The molecule has 0 aliphatic heterocycles. The van der Waals surface area contributed by atoms with Crippen molar-refractivity contribution >= 4 is 17.3 Å². The Balaban J connectivity index is 1.44.